The fourth-order valence-electron chi connectivity index (χ4n) is 2.99. The number of hydrogen-bond acceptors (Lipinski definition) is 6. The van der Waals surface area contributed by atoms with Crippen LogP contribution in [0.1, 0.15) is 12.8 Å². The Morgan fingerprint density at radius 2 is 2.22 bits per heavy atom. The molecule has 2 N–H and O–H groups in total. The van der Waals surface area contributed by atoms with Gasteiger partial charge in [0, 0.05) is 31.4 Å². The Balaban J connectivity index is 1.61. The number of hydrogen-bond donors (Lipinski definition) is 2. The zero-order chi connectivity index (χ0) is 16.4. The molecule has 1 aliphatic carbocycles. The van der Waals surface area contributed by atoms with E-state index in [0.29, 0.717) is 11.7 Å². The van der Waals surface area contributed by atoms with Crippen LogP contribution in [0, 0.1) is 5.92 Å². The molecule has 8 heteroatoms. The lowest BCUT2D eigenvalue weighted by molar-refractivity contribution is 0.166. The third kappa shape index (κ3) is 3.89. The van der Waals surface area contributed by atoms with E-state index in [4.69, 9.17) is 0 Å². The molecule has 1 unspecified atom stereocenters. The van der Waals surface area contributed by atoms with Crippen molar-refractivity contribution in [3.05, 3.63) is 37.1 Å². The van der Waals surface area contributed by atoms with Crippen LogP contribution in [0.4, 0.5) is 5.82 Å². The zero-order valence-electron chi connectivity index (χ0n) is 12.8. The van der Waals surface area contributed by atoms with Gasteiger partial charge in [0.15, 0.2) is 9.84 Å². The van der Waals surface area contributed by atoms with Crippen molar-refractivity contribution >= 4 is 15.7 Å². The maximum absolute atomic E-state index is 11.4. The van der Waals surface area contributed by atoms with Crippen LogP contribution in [-0.4, -0.2) is 46.5 Å². The van der Waals surface area contributed by atoms with Gasteiger partial charge in [0.1, 0.15) is 5.82 Å². The standard InChI is InChI=1S/C15H20N4O3S/c1-23(21,22)12-2-3-15(17-8-12)18-13-6-11(7-14(13)20)9-19-5-4-16-10-19/h2-5,8,10-11,13-14,20H,6-7,9H2,1H3,(H,17,18)/t11?,13-,14-/m1/s1. The molecule has 2 aromatic heterocycles. The molecule has 23 heavy (non-hydrogen) atoms. The minimum atomic E-state index is -3.24. The highest BCUT2D eigenvalue weighted by atomic mass is 32.2. The summed E-state index contributed by atoms with van der Waals surface area (Å²) in [5, 5.41) is 13.4. The molecule has 0 aromatic carbocycles. The topological polar surface area (TPSA) is 97.1 Å². The summed E-state index contributed by atoms with van der Waals surface area (Å²) in [6, 6.07) is 3.07. The summed E-state index contributed by atoms with van der Waals surface area (Å²) >= 11 is 0. The number of aliphatic hydroxyl groups excluding tert-OH is 1. The van der Waals surface area contributed by atoms with Crippen LogP contribution in [0.25, 0.3) is 0 Å². The molecular weight excluding hydrogens is 316 g/mol. The number of sulfone groups is 1. The molecular formula is C15H20N4O3S. The number of imidazole rings is 1. The second kappa shape index (κ2) is 6.29. The molecule has 7 nitrogen and oxygen atoms in total. The van der Waals surface area contributed by atoms with E-state index in [9.17, 15) is 13.5 Å². The van der Waals surface area contributed by atoms with E-state index >= 15 is 0 Å². The number of aliphatic hydroxyl groups is 1. The van der Waals surface area contributed by atoms with Crippen LogP contribution in [0.5, 0.6) is 0 Å². The summed E-state index contributed by atoms with van der Waals surface area (Å²) < 4.78 is 24.9. The van der Waals surface area contributed by atoms with Crippen LogP contribution in [0.2, 0.25) is 0 Å². The first-order valence-electron chi connectivity index (χ1n) is 7.48. The molecule has 1 fully saturated rings. The maximum atomic E-state index is 11.4. The van der Waals surface area contributed by atoms with E-state index < -0.39 is 15.9 Å². The molecule has 3 atom stereocenters. The van der Waals surface area contributed by atoms with Gasteiger partial charge in [-0.2, -0.15) is 0 Å². The van der Waals surface area contributed by atoms with E-state index in [1.54, 1.807) is 18.6 Å². The molecule has 0 spiro atoms. The van der Waals surface area contributed by atoms with Crippen molar-refractivity contribution in [2.45, 2.75) is 36.4 Å². The SMILES string of the molecule is CS(=O)(=O)c1ccc(N[C@@H]2CC(Cn3ccnc3)C[C@H]2O)nc1. The highest BCUT2D eigenvalue weighted by Gasteiger charge is 2.33. The van der Waals surface area contributed by atoms with Gasteiger partial charge in [-0.15, -0.1) is 0 Å². The van der Waals surface area contributed by atoms with Gasteiger partial charge in [0.2, 0.25) is 0 Å². The van der Waals surface area contributed by atoms with Gasteiger partial charge in [0.05, 0.1) is 23.4 Å². The number of pyridine rings is 1. The molecule has 2 heterocycles. The zero-order valence-corrected chi connectivity index (χ0v) is 13.6. The van der Waals surface area contributed by atoms with Crippen molar-refractivity contribution in [2.75, 3.05) is 11.6 Å². The lowest BCUT2D eigenvalue weighted by Gasteiger charge is -2.17. The Kier molecular flexibility index (Phi) is 4.36. The van der Waals surface area contributed by atoms with Crippen LogP contribution < -0.4 is 5.32 Å². The molecule has 0 saturated heterocycles. The smallest absolute Gasteiger partial charge is 0.177 e. The highest BCUT2D eigenvalue weighted by molar-refractivity contribution is 7.90. The molecule has 0 aliphatic heterocycles. The maximum Gasteiger partial charge on any atom is 0.177 e. The second-order valence-electron chi connectivity index (χ2n) is 6.07. The molecule has 2 aromatic rings. The summed E-state index contributed by atoms with van der Waals surface area (Å²) in [6.45, 7) is 0.829. The monoisotopic (exact) mass is 336 g/mol. The minimum Gasteiger partial charge on any atom is -0.391 e. The van der Waals surface area contributed by atoms with Gasteiger partial charge >= 0.3 is 0 Å². The van der Waals surface area contributed by atoms with Crippen molar-refractivity contribution in [3.8, 4) is 0 Å². The first kappa shape index (κ1) is 15.9. The Bertz CT molecular complexity index is 744. The fraction of sp³-hybridized carbons (Fsp3) is 0.467. The van der Waals surface area contributed by atoms with E-state index in [0.717, 1.165) is 25.6 Å². The molecule has 0 radical (unpaired) electrons. The first-order valence-corrected chi connectivity index (χ1v) is 9.37. The third-order valence-corrected chi connectivity index (χ3v) is 5.25. The van der Waals surface area contributed by atoms with E-state index in [-0.39, 0.29) is 10.9 Å². The second-order valence-corrected chi connectivity index (χ2v) is 8.08. The van der Waals surface area contributed by atoms with Crippen LogP contribution in [0.3, 0.4) is 0 Å². The largest absolute Gasteiger partial charge is 0.391 e. The first-order chi connectivity index (χ1) is 10.9. The molecule has 1 aliphatic rings. The van der Waals surface area contributed by atoms with Crippen LogP contribution in [-0.2, 0) is 16.4 Å². The fourth-order valence-corrected chi connectivity index (χ4v) is 3.55. The summed E-state index contributed by atoms with van der Waals surface area (Å²) in [4.78, 5) is 8.34. The highest BCUT2D eigenvalue weighted by Crippen LogP contribution is 2.29. The summed E-state index contributed by atoms with van der Waals surface area (Å²) in [5.41, 5.74) is 0. The normalized spacial score (nSPS) is 24.7. The van der Waals surface area contributed by atoms with Gasteiger partial charge in [0.25, 0.3) is 0 Å². The van der Waals surface area contributed by atoms with E-state index in [1.165, 1.54) is 12.3 Å². The Morgan fingerprint density at radius 1 is 1.39 bits per heavy atom. The predicted molar refractivity (Wildman–Crippen MR) is 85.7 cm³/mol. The lowest BCUT2D eigenvalue weighted by Crippen LogP contribution is -2.28. The van der Waals surface area contributed by atoms with Crippen LogP contribution in [0.15, 0.2) is 41.9 Å². The number of rotatable bonds is 5. The van der Waals surface area contributed by atoms with Crippen molar-refractivity contribution in [2.24, 2.45) is 5.92 Å². The number of nitrogens with zero attached hydrogens (tertiary/aromatic N) is 3. The van der Waals surface area contributed by atoms with E-state index in [1.807, 2.05) is 10.8 Å². The summed E-state index contributed by atoms with van der Waals surface area (Å²) in [7, 11) is -3.24. The molecule has 0 amide bonds. The molecule has 1 saturated carbocycles. The van der Waals surface area contributed by atoms with E-state index in [2.05, 4.69) is 15.3 Å². The number of anilines is 1. The van der Waals surface area contributed by atoms with Crippen LogP contribution >= 0.6 is 0 Å². The Labute approximate surface area is 135 Å². The van der Waals surface area contributed by atoms with Gasteiger partial charge in [-0.25, -0.2) is 18.4 Å². The van der Waals surface area contributed by atoms with Crippen molar-refractivity contribution < 1.29 is 13.5 Å². The predicted octanol–water partition coefficient (Wildman–Crippen LogP) is 0.933. The average molecular weight is 336 g/mol. The summed E-state index contributed by atoms with van der Waals surface area (Å²) in [5.74, 6) is 0.941. The van der Waals surface area contributed by atoms with Gasteiger partial charge < -0.3 is 15.0 Å². The number of aromatic nitrogens is 3. The molecule has 124 valence electrons. The number of nitrogens with one attached hydrogen (secondary N) is 1. The Hall–Kier alpha value is -1.93. The van der Waals surface area contributed by atoms with Crippen molar-refractivity contribution in [1.29, 1.82) is 0 Å². The molecule has 0 bridgehead atoms. The lowest BCUT2D eigenvalue weighted by atomic mass is 10.1. The third-order valence-electron chi connectivity index (χ3n) is 4.15. The molecule has 3 rings (SSSR count). The minimum absolute atomic E-state index is 0.0832. The van der Waals surface area contributed by atoms with Gasteiger partial charge in [-0.05, 0) is 30.9 Å². The van der Waals surface area contributed by atoms with Crippen molar-refractivity contribution in [3.63, 3.8) is 0 Å². The average Bonchev–Trinajstić information content (AvgIpc) is 3.10. The van der Waals surface area contributed by atoms with Crippen molar-refractivity contribution in [1.82, 2.24) is 14.5 Å². The summed E-state index contributed by atoms with van der Waals surface area (Å²) in [6.07, 6.45) is 9.03. The van der Waals surface area contributed by atoms with Gasteiger partial charge in [-0.1, -0.05) is 0 Å². The quantitative estimate of drug-likeness (QED) is 0.843. The van der Waals surface area contributed by atoms with Gasteiger partial charge in [-0.3, -0.25) is 0 Å². The Morgan fingerprint density at radius 3 is 2.83 bits per heavy atom.